The first kappa shape index (κ1) is 18.8. The smallest absolute Gasteiger partial charge is 0.296 e. The quantitative estimate of drug-likeness (QED) is 0.606. The summed E-state index contributed by atoms with van der Waals surface area (Å²) >= 11 is 3.47. The van der Waals surface area contributed by atoms with Crippen LogP contribution in [-0.2, 0) is 6.67 Å². The van der Waals surface area contributed by atoms with E-state index in [2.05, 4.69) is 31.1 Å². The van der Waals surface area contributed by atoms with E-state index in [1.165, 1.54) is 30.4 Å². The Morgan fingerprint density at radius 3 is 2.82 bits per heavy atom. The lowest BCUT2D eigenvalue weighted by Crippen LogP contribution is -3.12. The summed E-state index contributed by atoms with van der Waals surface area (Å²) in [5.74, 6) is -0.459. The van der Waals surface area contributed by atoms with Crippen LogP contribution in [0.15, 0.2) is 57.4 Å². The van der Waals surface area contributed by atoms with Crippen molar-refractivity contribution in [1.82, 2.24) is 9.55 Å². The highest BCUT2D eigenvalue weighted by molar-refractivity contribution is 9.10. The van der Waals surface area contributed by atoms with E-state index in [9.17, 15) is 9.90 Å². The molecule has 0 bridgehead atoms. The Morgan fingerprint density at radius 1 is 1.25 bits per heavy atom. The predicted molar refractivity (Wildman–Crippen MR) is 109 cm³/mol. The van der Waals surface area contributed by atoms with Gasteiger partial charge in [0.25, 0.3) is 5.91 Å². The van der Waals surface area contributed by atoms with Gasteiger partial charge in [-0.25, -0.2) is 0 Å². The lowest BCUT2D eigenvalue weighted by Gasteiger charge is -2.24. The molecule has 1 saturated heterocycles. The number of halogens is 1. The van der Waals surface area contributed by atoms with Gasteiger partial charge in [-0.1, -0.05) is 15.9 Å². The maximum atomic E-state index is 12.3. The number of amides is 1. The first-order chi connectivity index (χ1) is 13.6. The molecular weight excluding hydrogens is 422 g/mol. The number of hydrogen-bond acceptors (Lipinski definition) is 4. The van der Waals surface area contributed by atoms with E-state index in [0.717, 1.165) is 28.5 Å². The van der Waals surface area contributed by atoms with Crippen LogP contribution >= 0.6 is 15.9 Å². The second-order valence-electron chi connectivity index (χ2n) is 6.98. The largest absolute Gasteiger partial charge is 0.493 e. The highest BCUT2D eigenvalue weighted by Crippen LogP contribution is 2.39. The molecule has 1 aromatic carbocycles. The SMILES string of the molecule is O=C(N=Nc1c(O)n(C[NH+]2CCCCC2)c2ccc(Br)cc12)c1cccnc1. The van der Waals surface area contributed by atoms with Crippen LogP contribution in [-0.4, -0.2) is 33.7 Å². The standard InChI is InChI=1S/C20H20BrN5O2/c21-15-6-7-17-16(11-15)18(23-24-19(27)14-5-4-8-22-12-14)20(28)26(17)13-25-9-2-1-3-10-25/h4-8,11-12,28H,1-3,9-10,13H2/p+1. The van der Waals surface area contributed by atoms with Gasteiger partial charge in [0, 0.05) is 22.3 Å². The van der Waals surface area contributed by atoms with Gasteiger partial charge in [-0.3, -0.25) is 14.3 Å². The molecule has 3 heterocycles. The molecule has 0 atom stereocenters. The highest BCUT2D eigenvalue weighted by Gasteiger charge is 2.22. The molecule has 0 saturated carbocycles. The van der Waals surface area contributed by atoms with E-state index in [1.54, 1.807) is 18.3 Å². The van der Waals surface area contributed by atoms with E-state index in [1.807, 2.05) is 22.8 Å². The molecule has 0 aliphatic carbocycles. The summed E-state index contributed by atoms with van der Waals surface area (Å²) in [5, 5.41) is 19.6. The van der Waals surface area contributed by atoms with Crippen molar-refractivity contribution in [2.75, 3.05) is 13.1 Å². The van der Waals surface area contributed by atoms with E-state index in [-0.39, 0.29) is 5.88 Å². The number of nitrogens with zero attached hydrogens (tertiary/aromatic N) is 4. The number of carbonyl (C=O) groups is 1. The fourth-order valence-electron chi connectivity index (χ4n) is 3.63. The van der Waals surface area contributed by atoms with Crippen LogP contribution in [0.3, 0.4) is 0 Å². The maximum Gasteiger partial charge on any atom is 0.296 e. The van der Waals surface area contributed by atoms with Gasteiger partial charge < -0.3 is 10.0 Å². The van der Waals surface area contributed by atoms with Gasteiger partial charge in [0.05, 0.1) is 24.2 Å². The zero-order valence-electron chi connectivity index (χ0n) is 15.3. The highest BCUT2D eigenvalue weighted by atomic mass is 79.9. The Hall–Kier alpha value is -2.58. The minimum absolute atomic E-state index is 0.0360. The monoisotopic (exact) mass is 442 g/mol. The molecule has 0 unspecified atom stereocenters. The van der Waals surface area contributed by atoms with Crippen LogP contribution in [0.4, 0.5) is 5.69 Å². The van der Waals surface area contributed by atoms with E-state index in [0.29, 0.717) is 17.9 Å². The average molecular weight is 443 g/mol. The Labute approximate surface area is 170 Å². The normalized spacial score (nSPS) is 15.5. The van der Waals surface area contributed by atoms with Gasteiger partial charge in [0.2, 0.25) is 5.88 Å². The fourth-order valence-corrected chi connectivity index (χ4v) is 3.99. The second kappa shape index (κ2) is 8.20. The van der Waals surface area contributed by atoms with Gasteiger partial charge in [0.1, 0.15) is 0 Å². The third kappa shape index (κ3) is 3.83. The molecule has 8 heteroatoms. The van der Waals surface area contributed by atoms with Gasteiger partial charge in [0.15, 0.2) is 12.4 Å². The fraction of sp³-hybridized carbons (Fsp3) is 0.300. The summed E-state index contributed by atoms with van der Waals surface area (Å²) in [6.07, 6.45) is 6.71. The number of rotatable bonds is 4. The van der Waals surface area contributed by atoms with Crippen molar-refractivity contribution in [2.24, 2.45) is 10.2 Å². The first-order valence-corrected chi connectivity index (χ1v) is 10.1. The van der Waals surface area contributed by atoms with Crippen LogP contribution < -0.4 is 4.90 Å². The topological polar surface area (TPSA) is 84.3 Å². The number of benzene rings is 1. The van der Waals surface area contributed by atoms with Gasteiger partial charge in [-0.2, -0.15) is 0 Å². The van der Waals surface area contributed by atoms with Crippen LogP contribution in [0.1, 0.15) is 29.6 Å². The number of nitrogens with one attached hydrogen (secondary N) is 1. The molecule has 3 aromatic rings. The van der Waals surface area contributed by atoms with Crippen molar-refractivity contribution in [2.45, 2.75) is 25.9 Å². The summed E-state index contributed by atoms with van der Waals surface area (Å²) in [6, 6.07) is 9.08. The van der Waals surface area contributed by atoms with Gasteiger partial charge >= 0.3 is 0 Å². The average Bonchev–Trinajstić information content (AvgIpc) is 2.98. The lowest BCUT2D eigenvalue weighted by atomic mass is 10.1. The molecule has 1 fully saturated rings. The van der Waals surface area contributed by atoms with E-state index >= 15 is 0 Å². The van der Waals surface area contributed by atoms with Crippen molar-refractivity contribution in [3.8, 4) is 5.88 Å². The third-order valence-corrected chi connectivity index (χ3v) is 5.56. The molecule has 0 spiro atoms. The van der Waals surface area contributed by atoms with Crippen molar-refractivity contribution in [1.29, 1.82) is 0 Å². The zero-order chi connectivity index (χ0) is 19.5. The summed E-state index contributed by atoms with van der Waals surface area (Å²) in [4.78, 5) is 17.6. The minimum atomic E-state index is -0.495. The minimum Gasteiger partial charge on any atom is -0.493 e. The van der Waals surface area contributed by atoms with Crippen LogP contribution in [0.2, 0.25) is 0 Å². The third-order valence-electron chi connectivity index (χ3n) is 5.06. The number of azo groups is 1. The molecule has 1 aliphatic heterocycles. The molecule has 28 heavy (non-hydrogen) atoms. The zero-order valence-corrected chi connectivity index (χ0v) is 16.9. The molecule has 7 nitrogen and oxygen atoms in total. The molecule has 2 aromatic heterocycles. The van der Waals surface area contributed by atoms with Crippen molar-refractivity contribution >= 4 is 38.4 Å². The molecule has 1 aliphatic rings. The Bertz CT molecular complexity index is 1030. The maximum absolute atomic E-state index is 12.3. The number of aromatic hydroxyl groups is 1. The second-order valence-corrected chi connectivity index (χ2v) is 7.89. The molecule has 2 N–H and O–H groups in total. The van der Waals surface area contributed by atoms with Gasteiger partial charge in [-0.15, -0.1) is 10.2 Å². The summed E-state index contributed by atoms with van der Waals surface area (Å²) in [7, 11) is 0. The Kier molecular flexibility index (Phi) is 5.50. The van der Waals surface area contributed by atoms with Crippen LogP contribution in [0.25, 0.3) is 10.9 Å². The summed E-state index contributed by atoms with van der Waals surface area (Å²) < 4.78 is 2.74. The Balaban J connectivity index is 1.71. The molecule has 0 radical (unpaired) electrons. The van der Waals surface area contributed by atoms with Crippen LogP contribution in [0, 0.1) is 0 Å². The van der Waals surface area contributed by atoms with Crippen molar-refractivity contribution in [3.63, 3.8) is 0 Å². The number of piperidine rings is 1. The predicted octanol–water partition coefficient (Wildman–Crippen LogP) is 3.45. The number of likely N-dealkylation sites (tertiary alicyclic amines) is 1. The number of hydrogen-bond donors (Lipinski definition) is 2. The molecular formula is C20H21BrN5O2+. The number of fused-ring (bicyclic) bond motifs is 1. The van der Waals surface area contributed by atoms with Crippen molar-refractivity contribution in [3.05, 3.63) is 52.8 Å². The molecule has 144 valence electrons. The number of aromatic nitrogens is 2. The number of quaternary nitrogens is 1. The summed E-state index contributed by atoms with van der Waals surface area (Å²) in [5.41, 5.74) is 1.54. The van der Waals surface area contributed by atoms with Crippen LogP contribution in [0.5, 0.6) is 5.88 Å². The lowest BCUT2D eigenvalue weighted by molar-refractivity contribution is -0.927. The van der Waals surface area contributed by atoms with Gasteiger partial charge in [-0.05, 0) is 49.6 Å². The first-order valence-electron chi connectivity index (χ1n) is 9.34. The van der Waals surface area contributed by atoms with E-state index < -0.39 is 5.91 Å². The number of carbonyl (C=O) groups excluding carboxylic acids is 1. The van der Waals surface area contributed by atoms with E-state index in [4.69, 9.17) is 0 Å². The Morgan fingerprint density at radius 2 is 2.07 bits per heavy atom. The molecule has 1 amide bonds. The number of pyridine rings is 1. The summed E-state index contributed by atoms with van der Waals surface area (Å²) in [6.45, 7) is 2.84. The van der Waals surface area contributed by atoms with Crippen molar-refractivity contribution < 1.29 is 14.8 Å². The molecule has 4 rings (SSSR count).